The molecule has 1 unspecified atom stereocenters. The van der Waals surface area contributed by atoms with Crippen LogP contribution < -0.4 is 0 Å². The average Bonchev–Trinajstić information content (AvgIpc) is 2.79. The fourth-order valence-corrected chi connectivity index (χ4v) is 5.91. The summed E-state index contributed by atoms with van der Waals surface area (Å²) in [7, 11) is 0. The van der Waals surface area contributed by atoms with Crippen LogP contribution in [0.2, 0.25) is 0 Å². The van der Waals surface area contributed by atoms with Gasteiger partial charge >= 0.3 is 0 Å². The first-order valence-electron chi connectivity index (χ1n) is 8.29. The molecule has 2 heteroatoms. The third-order valence-electron chi connectivity index (χ3n) is 6.80. The van der Waals surface area contributed by atoms with Gasteiger partial charge in [0.05, 0.1) is 12.2 Å². The lowest BCUT2D eigenvalue weighted by Gasteiger charge is -2.51. The maximum absolute atomic E-state index is 11.9. The summed E-state index contributed by atoms with van der Waals surface area (Å²) in [6, 6.07) is 0. The minimum Gasteiger partial charge on any atom is -0.365 e. The molecule has 0 saturated carbocycles. The summed E-state index contributed by atoms with van der Waals surface area (Å²) in [6.07, 6.45) is 8.01. The summed E-state index contributed by atoms with van der Waals surface area (Å²) in [5.41, 5.74) is 3.25. The number of carbonyl (C=O) groups excluding carboxylic acids is 1. The lowest BCUT2D eigenvalue weighted by molar-refractivity contribution is -0.119. The predicted octanol–water partition coefficient (Wildman–Crippen LogP) is 4.47. The van der Waals surface area contributed by atoms with Gasteiger partial charge in [-0.1, -0.05) is 37.6 Å². The Labute approximate surface area is 134 Å². The molecule has 0 aromatic heterocycles. The van der Waals surface area contributed by atoms with Crippen molar-refractivity contribution in [2.45, 2.75) is 60.7 Å². The highest BCUT2D eigenvalue weighted by Gasteiger charge is 2.71. The molecule has 2 aliphatic carbocycles. The maximum atomic E-state index is 11.9. The van der Waals surface area contributed by atoms with E-state index in [1.165, 1.54) is 16.7 Å². The number of allylic oxidation sites excluding steroid dienone is 3. The smallest absolute Gasteiger partial charge is 0.130 e. The maximum Gasteiger partial charge on any atom is 0.130 e. The third kappa shape index (κ3) is 1.52. The summed E-state index contributed by atoms with van der Waals surface area (Å²) in [5.74, 6) is 0.214. The van der Waals surface area contributed by atoms with E-state index >= 15 is 0 Å². The summed E-state index contributed by atoms with van der Waals surface area (Å²) < 4.78 is 6.56. The highest BCUT2D eigenvalue weighted by molar-refractivity contribution is 5.67. The molecule has 0 spiro atoms. The van der Waals surface area contributed by atoms with E-state index in [1.807, 2.05) is 0 Å². The second-order valence-corrected chi connectivity index (χ2v) is 8.19. The van der Waals surface area contributed by atoms with Gasteiger partial charge in [0, 0.05) is 22.2 Å². The highest BCUT2D eigenvalue weighted by atomic mass is 16.5. The fourth-order valence-electron chi connectivity index (χ4n) is 5.91. The van der Waals surface area contributed by atoms with Gasteiger partial charge in [-0.3, -0.25) is 0 Å². The molecule has 1 saturated heterocycles. The Hall–Kier alpha value is -1.15. The molecule has 0 aromatic carbocycles. The molecule has 0 bridgehead atoms. The number of carbonyl (C=O) groups is 1. The van der Waals surface area contributed by atoms with Gasteiger partial charge in [-0.15, -0.1) is 0 Å². The summed E-state index contributed by atoms with van der Waals surface area (Å²) in [6.45, 7) is 15.3. The van der Waals surface area contributed by atoms with Crippen LogP contribution in [0.25, 0.3) is 0 Å². The first-order chi connectivity index (χ1) is 10.2. The van der Waals surface area contributed by atoms with E-state index in [1.54, 1.807) is 0 Å². The number of aldehydes is 1. The van der Waals surface area contributed by atoms with Crippen LogP contribution in [0.3, 0.4) is 0 Å². The van der Waals surface area contributed by atoms with Crippen molar-refractivity contribution in [2.24, 2.45) is 22.2 Å². The number of hydrogen-bond acceptors (Lipinski definition) is 2. The van der Waals surface area contributed by atoms with Crippen molar-refractivity contribution >= 4 is 6.29 Å². The van der Waals surface area contributed by atoms with Crippen molar-refractivity contribution in [3.05, 3.63) is 34.9 Å². The Morgan fingerprint density at radius 2 is 1.82 bits per heavy atom. The summed E-state index contributed by atoms with van der Waals surface area (Å²) in [4.78, 5) is 11.9. The Morgan fingerprint density at radius 1 is 1.18 bits per heavy atom. The molecule has 6 atom stereocenters. The zero-order valence-corrected chi connectivity index (χ0v) is 14.9. The standard InChI is InChI=1S/C20H28O2/c1-8-12(2)16-19(6)10-13(3)15-18(5,11-21)9-14(4)17(22-16)20(15,19)7/h8-11,15-17H,1-7H3/b12-8+/t15-,16+,17?,18+,19+,20-/m1/s1. The molecule has 2 nitrogen and oxygen atoms in total. The van der Waals surface area contributed by atoms with E-state index in [2.05, 4.69) is 66.7 Å². The van der Waals surface area contributed by atoms with E-state index in [0.717, 1.165) is 6.29 Å². The number of ether oxygens (including phenoxy) is 1. The molecule has 3 aliphatic rings. The predicted molar refractivity (Wildman–Crippen MR) is 89.5 cm³/mol. The van der Waals surface area contributed by atoms with Gasteiger partial charge in [-0.2, -0.15) is 0 Å². The van der Waals surface area contributed by atoms with Crippen molar-refractivity contribution < 1.29 is 9.53 Å². The first-order valence-corrected chi connectivity index (χ1v) is 8.29. The molecule has 1 aliphatic heterocycles. The lowest BCUT2D eigenvalue weighted by Crippen LogP contribution is -2.52. The van der Waals surface area contributed by atoms with Crippen LogP contribution in [0.4, 0.5) is 0 Å². The first kappa shape index (κ1) is 15.7. The van der Waals surface area contributed by atoms with Crippen molar-refractivity contribution in [1.82, 2.24) is 0 Å². The normalized spacial score (nSPS) is 50.5. The minimum atomic E-state index is -0.435. The van der Waals surface area contributed by atoms with Gasteiger partial charge < -0.3 is 9.53 Å². The second kappa shape index (κ2) is 4.44. The second-order valence-electron chi connectivity index (χ2n) is 8.19. The number of hydrogen-bond donors (Lipinski definition) is 0. The van der Waals surface area contributed by atoms with Crippen LogP contribution in [0.1, 0.15) is 48.5 Å². The topological polar surface area (TPSA) is 26.3 Å². The molecule has 1 heterocycles. The molecule has 1 fully saturated rings. The van der Waals surface area contributed by atoms with Crippen molar-refractivity contribution in [3.8, 4) is 0 Å². The highest BCUT2D eigenvalue weighted by Crippen LogP contribution is 2.71. The van der Waals surface area contributed by atoms with Crippen molar-refractivity contribution in [1.29, 1.82) is 0 Å². The average molecular weight is 300 g/mol. The molecule has 0 radical (unpaired) electrons. The van der Waals surface area contributed by atoms with E-state index < -0.39 is 5.41 Å². The Kier molecular flexibility index (Phi) is 3.18. The molecule has 0 amide bonds. The van der Waals surface area contributed by atoms with E-state index in [4.69, 9.17) is 4.74 Å². The zero-order valence-electron chi connectivity index (χ0n) is 14.9. The van der Waals surface area contributed by atoms with Gasteiger partial charge in [0.2, 0.25) is 0 Å². The molecule has 0 aromatic rings. The van der Waals surface area contributed by atoms with Crippen LogP contribution in [0, 0.1) is 22.2 Å². The fraction of sp³-hybridized carbons (Fsp3) is 0.650. The Morgan fingerprint density at radius 3 is 2.36 bits per heavy atom. The molecule has 0 N–H and O–H groups in total. The summed E-state index contributed by atoms with van der Waals surface area (Å²) >= 11 is 0. The SMILES string of the molecule is C/C=C(\C)[C@@H]1OC2C(C)=C[C@@](C)(C=O)[C@H]3C(C)=C[C@]1(C)[C@@]23C. The van der Waals surface area contributed by atoms with E-state index in [0.29, 0.717) is 0 Å². The minimum absolute atomic E-state index is 0.0667. The lowest BCUT2D eigenvalue weighted by atomic mass is 9.50. The summed E-state index contributed by atoms with van der Waals surface area (Å²) in [5, 5.41) is 0. The van der Waals surface area contributed by atoms with Crippen LogP contribution in [0.5, 0.6) is 0 Å². The molecule has 3 rings (SSSR count). The molecule has 22 heavy (non-hydrogen) atoms. The number of rotatable bonds is 2. The van der Waals surface area contributed by atoms with Crippen LogP contribution >= 0.6 is 0 Å². The van der Waals surface area contributed by atoms with Gasteiger partial charge in [-0.05, 0) is 45.8 Å². The van der Waals surface area contributed by atoms with Crippen LogP contribution in [-0.2, 0) is 9.53 Å². The van der Waals surface area contributed by atoms with E-state index in [-0.39, 0.29) is 29.0 Å². The quantitative estimate of drug-likeness (QED) is 0.555. The van der Waals surface area contributed by atoms with Crippen LogP contribution in [0.15, 0.2) is 34.9 Å². The molecular weight excluding hydrogens is 272 g/mol. The van der Waals surface area contributed by atoms with Gasteiger partial charge in [0.1, 0.15) is 6.29 Å². The van der Waals surface area contributed by atoms with Crippen LogP contribution in [-0.4, -0.2) is 18.5 Å². The van der Waals surface area contributed by atoms with Crippen molar-refractivity contribution in [2.75, 3.05) is 0 Å². The Balaban J connectivity index is 2.27. The largest absolute Gasteiger partial charge is 0.365 e. The zero-order chi connectivity index (χ0) is 16.5. The third-order valence-corrected chi connectivity index (χ3v) is 6.80. The van der Waals surface area contributed by atoms with Crippen molar-refractivity contribution in [3.63, 3.8) is 0 Å². The van der Waals surface area contributed by atoms with Gasteiger partial charge in [0.25, 0.3) is 0 Å². The van der Waals surface area contributed by atoms with Gasteiger partial charge in [-0.25, -0.2) is 0 Å². The monoisotopic (exact) mass is 300 g/mol. The molecule has 120 valence electrons. The van der Waals surface area contributed by atoms with E-state index in [9.17, 15) is 4.79 Å². The van der Waals surface area contributed by atoms with Gasteiger partial charge in [0.15, 0.2) is 0 Å². The Bertz CT molecular complexity index is 626. The molecular formula is C20H28O2.